The number of anilines is 2. The lowest BCUT2D eigenvalue weighted by atomic mass is 10.2. The van der Waals surface area contributed by atoms with Crippen LogP contribution in [0.4, 0.5) is 11.6 Å². The van der Waals surface area contributed by atoms with E-state index in [1.165, 1.54) is 11.8 Å². The van der Waals surface area contributed by atoms with Gasteiger partial charge in [-0.3, -0.25) is 20.0 Å². The Balaban J connectivity index is 1.46. The Morgan fingerprint density at radius 2 is 1.86 bits per heavy atom. The Hall–Kier alpha value is -2.85. The molecule has 29 heavy (non-hydrogen) atoms. The second kappa shape index (κ2) is 10.1. The second-order valence-electron chi connectivity index (χ2n) is 5.81. The standard InChI is InChI=1S/C19H18BrN5O3S/c1-28-15-8-3-2-7-14(15)18-23-19(25-24-18)22-17(27)11-29-10-16(26)21-13-6-4-5-12(20)9-13/h2-9H,10-11H2,1H3,(H,21,26)(H2,22,23,24,25,27). The molecule has 0 saturated carbocycles. The lowest BCUT2D eigenvalue weighted by molar-refractivity contribution is -0.114. The molecule has 3 rings (SSSR count). The van der Waals surface area contributed by atoms with Crippen LogP contribution in [0.5, 0.6) is 5.75 Å². The summed E-state index contributed by atoms with van der Waals surface area (Å²) in [4.78, 5) is 28.3. The molecule has 8 nitrogen and oxygen atoms in total. The number of amides is 2. The molecule has 2 amide bonds. The van der Waals surface area contributed by atoms with Crippen LogP contribution in [-0.2, 0) is 9.59 Å². The first-order chi connectivity index (χ1) is 14.0. The Morgan fingerprint density at radius 1 is 1.10 bits per heavy atom. The molecule has 0 aliphatic carbocycles. The third kappa shape index (κ3) is 6.06. The minimum Gasteiger partial charge on any atom is -0.496 e. The zero-order chi connectivity index (χ0) is 20.6. The first-order valence-electron chi connectivity index (χ1n) is 8.54. The number of nitrogens with one attached hydrogen (secondary N) is 3. The van der Waals surface area contributed by atoms with Gasteiger partial charge in [-0.15, -0.1) is 16.9 Å². The zero-order valence-corrected chi connectivity index (χ0v) is 17.8. The maximum atomic E-state index is 12.1. The van der Waals surface area contributed by atoms with Crippen LogP contribution in [-0.4, -0.2) is 45.6 Å². The first kappa shape index (κ1) is 20.9. The monoisotopic (exact) mass is 475 g/mol. The molecule has 2 aromatic carbocycles. The van der Waals surface area contributed by atoms with Crippen LogP contribution in [0, 0.1) is 0 Å². The van der Waals surface area contributed by atoms with Crippen LogP contribution in [0.3, 0.4) is 0 Å². The summed E-state index contributed by atoms with van der Waals surface area (Å²) in [5.74, 6) is 1.07. The highest BCUT2D eigenvalue weighted by atomic mass is 79.9. The molecule has 3 N–H and O–H groups in total. The third-order valence-corrected chi connectivity index (χ3v) is 5.10. The van der Waals surface area contributed by atoms with Gasteiger partial charge in [0, 0.05) is 10.2 Å². The van der Waals surface area contributed by atoms with Crippen molar-refractivity contribution in [3.63, 3.8) is 0 Å². The van der Waals surface area contributed by atoms with Gasteiger partial charge in [-0.1, -0.05) is 34.1 Å². The zero-order valence-electron chi connectivity index (χ0n) is 15.4. The van der Waals surface area contributed by atoms with Crippen molar-refractivity contribution in [2.45, 2.75) is 0 Å². The van der Waals surface area contributed by atoms with E-state index >= 15 is 0 Å². The molecule has 0 fully saturated rings. The van der Waals surface area contributed by atoms with E-state index in [1.54, 1.807) is 19.2 Å². The van der Waals surface area contributed by atoms with Crippen molar-refractivity contribution in [2.24, 2.45) is 0 Å². The Morgan fingerprint density at radius 3 is 2.62 bits per heavy atom. The molecule has 10 heteroatoms. The van der Waals surface area contributed by atoms with Gasteiger partial charge in [0.05, 0.1) is 24.2 Å². The van der Waals surface area contributed by atoms with Gasteiger partial charge >= 0.3 is 0 Å². The summed E-state index contributed by atoms with van der Waals surface area (Å²) in [6.07, 6.45) is 0. The summed E-state index contributed by atoms with van der Waals surface area (Å²) >= 11 is 4.55. The maximum absolute atomic E-state index is 12.1. The number of carbonyl (C=O) groups is 2. The van der Waals surface area contributed by atoms with Gasteiger partial charge in [-0.25, -0.2) is 0 Å². The van der Waals surface area contributed by atoms with Gasteiger partial charge in [-0.2, -0.15) is 4.98 Å². The molecule has 1 aromatic heterocycles. The van der Waals surface area contributed by atoms with Crippen molar-refractivity contribution in [3.05, 3.63) is 53.0 Å². The predicted molar refractivity (Wildman–Crippen MR) is 117 cm³/mol. The van der Waals surface area contributed by atoms with E-state index in [4.69, 9.17) is 4.74 Å². The number of aromatic nitrogens is 3. The number of hydrogen-bond acceptors (Lipinski definition) is 6. The average Bonchev–Trinajstić information content (AvgIpc) is 3.16. The number of carbonyl (C=O) groups excluding carboxylic acids is 2. The number of para-hydroxylation sites is 1. The van der Waals surface area contributed by atoms with Gasteiger partial charge in [0.1, 0.15) is 5.75 Å². The number of H-pyrrole nitrogens is 1. The van der Waals surface area contributed by atoms with Crippen molar-refractivity contribution in [1.29, 1.82) is 0 Å². The summed E-state index contributed by atoms with van der Waals surface area (Å²) in [6, 6.07) is 14.7. The fraction of sp³-hybridized carbons (Fsp3) is 0.158. The minimum absolute atomic E-state index is 0.102. The third-order valence-electron chi connectivity index (χ3n) is 3.67. The van der Waals surface area contributed by atoms with E-state index < -0.39 is 0 Å². The molecule has 3 aromatic rings. The Kier molecular flexibility index (Phi) is 7.25. The molecule has 0 bridgehead atoms. The highest BCUT2D eigenvalue weighted by Gasteiger charge is 2.13. The van der Waals surface area contributed by atoms with Crippen LogP contribution >= 0.6 is 27.7 Å². The van der Waals surface area contributed by atoms with Gasteiger partial charge in [0.15, 0.2) is 5.82 Å². The van der Waals surface area contributed by atoms with Gasteiger partial charge in [0.2, 0.25) is 17.8 Å². The van der Waals surface area contributed by atoms with Crippen molar-refractivity contribution in [2.75, 3.05) is 29.2 Å². The van der Waals surface area contributed by atoms with E-state index in [-0.39, 0.29) is 29.3 Å². The topological polar surface area (TPSA) is 109 Å². The van der Waals surface area contributed by atoms with E-state index in [0.29, 0.717) is 17.3 Å². The van der Waals surface area contributed by atoms with E-state index in [9.17, 15) is 9.59 Å². The van der Waals surface area contributed by atoms with Gasteiger partial charge in [0.25, 0.3) is 0 Å². The van der Waals surface area contributed by atoms with E-state index in [2.05, 4.69) is 41.7 Å². The van der Waals surface area contributed by atoms with Crippen LogP contribution in [0.1, 0.15) is 0 Å². The number of aromatic amines is 1. The molecular formula is C19H18BrN5O3S. The summed E-state index contributed by atoms with van der Waals surface area (Å²) in [7, 11) is 1.57. The SMILES string of the molecule is COc1ccccc1-c1nc(NC(=O)CSCC(=O)Nc2cccc(Br)c2)n[nH]1. The largest absolute Gasteiger partial charge is 0.496 e. The molecule has 0 unspecified atom stereocenters. The highest BCUT2D eigenvalue weighted by molar-refractivity contribution is 9.10. The highest BCUT2D eigenvalue weighted by Crippen LogP contribution is 2.27. The maximum Gasteiger partial charge on any atom is 0.249 e. The van der Waals surface area contributed by atoms with Crippen molar-refractivity contribution in [1.82, 2.24) is 15.2 Å². The number of ether oxygens (including phenoxy) is 1. The number of nitrogens with zero attached hydrogens (tertiary/aromatic N) is 2. The Labute approximate surface area is 180 Å². The molecule has 0 radical (unpaired) electrons. The van der Waals surface area contributed by atoms with Crippen molar-refractivity contribution < 1.29 is 14.3 Å². The molecule has 0 saturated heterocycles. The van der Waals surface area contributed by atoms with Crippen LogP contribution in [0.25, 0.3) is 11.4 Å². The van der Waals surface area contributed by atoms with Crippen molar-refractivity contribution >= 4 is 51.1 Å². The molecular weight excluding hydrogens is 458 g/mol. The summed E-state index contributed by atoms with van der Waals surface area (Å²) in [5, 5.41) is 12.2. The molecule has 0 aliphatic heterocycles. The number of rotatable bonds is 8. The minimum atomic E-state index is -0.296. The van der Waals surface area contributed by atoms with Crippen LogP contribution in [0.15, 0.2) is 53.0 Å². The van der Waals surface area contributed by atoms with Crippen molar-refractivity contribution in [3.8, 4) is 17.1 Å². The molecule has 0 atom stereocenters. The normalized spacial score (nSPS) is 10.4. The summed E-state index contributed by atoms with van der Waals surface area (Å²) in [5.41, 5.74) is 1.43. The predicted octanol–water partition coefficient (Wildman–Crippen LogP) is 3.55. The lowest BCUT2D eigenvalue weighted by Crippen LogP contribution is -2.19. The number of thioether (sulfide) groups is 1. The molecule has 0 spiro atoms. The molecule has 150 valence electrons. The number of methoxy groups -OCH3 is 1. The van der Waals surface area contributed by atoms with Crippen LogP contribution in [0.2, 0.25) is 0 Å². The average molecular weight is 476 g/mol. The molecule has 0 aliphatic rings. The fourth-order valence-electron chi connectivity index (χ4n) is 2.44. The van der Waals surface area contributed by atoms with E-state index in [0.717, 1.165) is 10.0 Å². The summed E-state index contributed by atoms with van der Waals surface area (Å²) in [6.45, 7) is 0. The van der Waals surface area contributed by atoms with Gasteiger partial charge < -0.3 is 10.1 Å². The van der Waals surface area contributed by atoms with Crippen LogP contribution < -0.4 is 15.4 Å². The summed E-state index contributed by atoms with van der Waals surface area (Å²) < 4.78 is 6.17. The number of benzene rings is 2. The molecule has 1 heterocycles. The number of halogens is 1. The quantitative estimate of drug-likeness (QED) is 0.459. The van der Waals surface area contributed by atoms with E-state index in [1.807, 2.05) is 36.4 Å². The Bertz CT molecular complexity index is 1010. The number of hydrogen-bond donors (Lipinski definition) is 3. The first-order valence-corrected chi connectivity index (χ1v) is 10.5. The van der Waals surface area contributed by atoms with Gasteiger partial charge in [-0.05, 0) is 30.3 Å². The second-order valence-corrected chi connectivity index (χ2v) is 7.71. The lowest BCUT2D eigenvalue weighted by Gasteiger charge is -2.05. The smallest absolute Gasteiger partial charge is 0.249 e. The fourth-order valence-corrected chi connectivity index (χ4v) is 3.46.